The Bertz CT molecular complexity index is 1300. The van der Waals surface area contributed by atoms with Crippen LogP contribution in [0.5, 0.6) is 11.5 Å². The highest BCUT2D eigenvalue weighted by atomic mass is 35.5. The molecule has 1 atom stereocenters. The normalized spacial score (nSPS) is 15.2. The minimum Gasteiger partial charge on any atom is -0.493 e. The maximum Gasteiger partial charge on any atom is 0.416 e. The summed E-state index contributed by atoms with van der Waals surface area (Å²) in [6.45, 7) is 0.276. The Hall–Kier alpha value is -3.72. The Morgan fingerprint density at radius 2 is 1.61 bits per heavy atom. The van der Waals surface area contributed by atoms with Gasteiger partial charge in [0, 0.05) is 22.7 Å². The third kappa shape index (κ3) is 5.11. The Kier molecular flexibility index (Phi) is 7.12. The molecule has 3 aromatic carbocycles. The van der Waals surface area contributed by atoms with Gasteiger partial charge in [0.05, 0.1) is 31.5 Å². The molecule has 0 spiro atoms. The number of rotatable bonds is 5. The highest BCUT2D eigenvalue weighted by Crippen LogP contribution is 2.38. The number of hydrogen-bond acceptors (Lipinski definition) is 4. The number of carbonyl (C=O) groups is 2. The molecular formula is C26H22ClF3N2O4. The number of nitrogens with one attached hydrogen (secondary N) is 1. The van der Waals surface area contributed by atoms with Crippen molar-refractivity contribution in [3.8, 4) is 11.5 Å². The summed E-state index contributed by atoms with van der Waals surface area (Å²) in [6.07, 6.45) is -4.10. The molecule has 1 aliphatic heterocycles. The maximum atomic E-state index is 13.4. The minimum atomic E-state index is -4.49. The number of alkyl halides is 3. The van der Waals surface area contributed by atoms with Crippen molar-refractivity contribution in [2.75, 3.05) is 25.7 Å². The van der Waals surface area contributed by atoms with Gasteiger partial charge in [-0.25, -0.2) is 0 Å². The number of hydrogen-bond donors (Lipinski definition) is 1. The van der Waals surface area contributed by atoms with Gasteiger partial charge in [-0.15, -0.1) is 0 Å². The highest BCUT2D eigenvalue weighted by Gasteiger charge is 2.32. The number of fused-ring (bicyclic) bond motifs is 1. The molecule has 0 aromatic heterocycles. The average molecular weight is 519 g/mol. The van der Waals surface area contributed by atoms with Crippen molar-refractivity contribution in [3.05, 3.63) is 87.9 Å². The molecule has 10 heteroatoms. The molecule has 0 bridgehead atoms. The monoisotopic (exact) mass is 518 g/mol. The van der Waals surface area contributed by atoms with Crippen LogP contribution in [-0.4, -0.2) is 32.6 Å². The zero-order valence-electron chi connectivity index (χ0n) is 19.4. The van der Waals surface area contributed by atoms with E-state index in [1.54, 1.807) is 41.3 Å². The zero-order chi connectivity index (χ0) is 26.0. The van der Waals surface area contributed by atoms with Gasteiger partial charge in [0.25, 0.3) is 11.8 Å². The number of carbonyl (C=O) groups excluding carboxylic acids is 2. The second kappa shape index (κ2) is 10.1. The van der Waals surface area contributed by atoms with Crippen molar-refractivity contribution < 1.29 is 32.2 Å². The smallest absolute Gasteiger partial charge is 0.416 e. The summed E-state index contributed by atoms with van der Waals surface area (Å²) in [5.74, 6) is 0.0943. The number of nitrogens with zero attached hydrogens (tertiary/aromatic N) is 1. The molecule has 36 heavy (non-hydrogen) atoms. The summed E-state index contributed by atoms with van der Waals surface area (Å²) in [5.41, 5.74) is 0.847. The van der Waals surface area contributed by atoms with Gasteiger partial charge in [0.1, 0.15) is 0 Å². The quantitative estimate of drug-likeness (QED) is 0.457. The summed E-state index contributed by atoms with van der Waals surface area (Å²) >= 11 is 6.23. The molecule has 0 fully saturated rings. The second-order valence-corrected chi connectivity index (χ2v) is 8.56. The lowest BCUT2D eigenvalue weighted by Crippen LogP contribution is -2.41. The van der Waals surface area contributed by atoms with Crippen LogP contribution >= 0.6 is 11.6 Å². The van der Waals surface area contributed by atoms with Crippen molar-refractivity contribution >= 4 is 29.1 Å². The van der Waals surface area contributed by atoms with Crippen LogP contribution in [0, 0.1) is 0 Å². The minimum absolute atomic E-state index is 0.0994. The Morgan fingerprint density at radius 1 is 0.944 bits per heavy atom. The van der Waals surface area contributed by atoms with E-state index in [4.69, 9.17) is 21.1 Å². The number of anilines is 1. The van der Waals surface area contributed by atoms with E-state index < -0.39 is 23.7 Å². The molecular weight excluding hydrogens is 497 g/mol. The average Bonchev–Trinajstić information content (AvgIpc) is 2.87. The molecule has 0 radical (unpaired) electrons. The van der Waals surface area contributed by atoms with E-state index in [1.807, 2.05) is 0 Å². The van der Waals surface area contributed by atoms with E-state index in [2.05, 4.69) is 5.32 Å². The molecule has 3 aromatic rings. The lowest BCUT2D eigenvalue weighted by molar-refractivity contribution is -0.137. The first-order chi connectivity index (χ1) is 17.1. The number of halogens is 4. The second-order valence-electron chi connectivity index (χ2n) is 8.12. The van der Waals surface area contributed by atoms with Crippen molar-refractivity contribution in [3.63, 3.8) is 0 Å². The van der Waals surface area contributed by atoms with E-state index in [-0.39, 0.29) is 18.0 Å². The first kappa shape index (κ1) is 25.4. The molecule has 1 heterocycles. The number of ether oxygens (including phenoxy) is 2. The SMILES string of the molecule is COc1ccc(C(=O)N2CCC(NC(=O)c3ccc(C(F)(F)F)cc3)c3ccc(Cl)cc32)cc1OC. The van der Waals surface area contributed by atoms with Crippen LogP contribution in [0.2, 0.25) is 5.02 Å². The third-order valence-corrected chi connectivity index (χ3v) is 6.19. The van der Waals surface area contributed by atoms with E-state index in [1.165, 1.54) is 14.2 Å². The highest BCUT2D eigenvalue weighted by molar-refractivity contribution is 6.31. The lowest BCUT2D eigenvalue weighted by Gasteiger charge is -2.35. The molecule has 1 unspecified atom stereocenters. The van der Waals surface area contributed by atoms with Crippen LogP contribution in [-0.2, 0) is 6.18 Å². The molecule has 4 rings (SSSR count). The van der Waals surface area contributed by atoms with Crippen molar-refractivity contribution in [1.82, 2.24) is 5.32 Å². The van der Waals surface area contributed by atoms with Gasteiger partial charge < -0.3 is 19.7 Å². The van der Waals surface area contributed by atoms with Crippen molar-refractivity contribution in [2.45, 2.75) is 18.6 Å². The van der Waals surface area contributed by atoms with Gasteiger partial charge in [-0.1, -0.05) is 17.7 Å². The van der Waals surface area contributed by atoms with Crippen LogP contribution in [0.25, 0.3) is 0 Å². The van der Waals surface area contributed by atoms with Crippen molar-refractivity contribution in [1.29, 1.82) is 0 Å². The van der Waals surface area contributed by atoms with Crippen LogP contribution in [0.4, 0.5) is 18.9 Å². The van der Waals surface area contributed by atoms with Gasteiger partial charge in [-0.05, 0) is 66.6 Å². The lowest BCUT2D eigenvalue weighted by atomic mass is 9.95. The number of amides is 2. The van der Waals surface area contributed by atoms with E-state index in [0.717, 1.165) is 24.3 Å². The molecule has 6 nitrogen and oxygen atoms in total. The fraction of sp³-hybridized carbons (Fsp3) is 0.231. The Morgan fingerprint density at radius 3 is 2.25 bits per heavy atom. The van der Waals surface area contributed by atoms with E-state index >= 15 is 0 Å². The summed E-state index contributed by atoms with van der Waals surface area (Å²) in [6, 6.07) is 13.4. The Balaban J connectivity index is 1.59. The summed E-state index contributed by atoms with van der Waals surface area (Å²) in [4.78, 5) is 27.8. The van der Waals surface area contributed by atoms with Crippen LogP contribution in [0.15, 0.2) is 60.7 Å². The fourth-order valence-electron chi connectivity index (χ4n) is 4.12. The zero-order valence-corrected chi connectivity index (χ0v) is 20.1. The molecule has 0 aliphatic carbocycles. The van der Waals surface area contributed by atoms with E-state index in [9.17, 15) is 22.8 Å². The molecule has 2 amide bonds. The molecule has 1 N–H and O–H groups in total. The molecule has 0 saturated carbocycles. The predicted octanol–water partition coefficient (Wildman–Crippen LogP) is 5.90. The largest absolute Gasteiger partial charge is 0.493 e. The maximum absolute atomic E-state index is 13.4. The molecule has 0 saturated heterocycles. The van der Waals surface area contributed by atoms with Gasteiger partial charge >= 0.3 is 6.18 Å². The predicted molar refractivity (Wildman–Crippen MR) is 129 cm³/mol. The van der Waals surface area contributed by atoms with Crippen LogP contribution < -0.4 is 19.7 Å². The topological polar surface area (TPSA) is 67.9 Å². The van der Waals surface area contributed by atoms with E-state index in [0.29, 0.717) is 39.8 Å². The summed E-state index contributed by atoms with van der Waals surface area (Å²) < 4.78 is 49.1. The van der Waals surface area contributed by atoms with Gasteiger partial charge in [0.15, 0.2) is 11.5 Å². The number of methoxy groups -OCH3 is 2. The molecule has 1 aliphatic rings. The Labute approximate surface area is 210 Å². The summed E-state index contributed by atoms with van der Waals surface area (Å²) in [7, 11) is 2.98. The van der Waals surface area contributed by atoms with Crippen LogP contribution in [0.3, 0.4) is 0 Å². The van der Waals surface area contributed by atoms with Gasteiger partial charge in [0.2, 0.25) is 0 Å². The third-order valence-electron chi connectivity index (χ3n) is 5.96. The number of benzene rings is 3. The first-order valence-electron chi connectivity index (χ1n) is 10.9. The molecule has 188 valence electrons. The van der Waals surface area contributed by atoms with Gasteiger partial charge in [-0.3, -0.25) is 9.59 Å². The van der Waals surface area contributed by atoms with Crippen LogP contribution in [0.1, 0.15) is 44.3 Å². The fourth-order valence-corrected chi connectivity index (χ4v) is 4.28. The first-order valence-corrected chi connectivity index (χ1v) is 11.3. The standard InChI is InChI=1S/C26H22ClF3N2O4/c1-35-22-10-5-16(13-23(22)36-2)25(34)32-12-11-20(19-9-8-18(27)14-21(19)32)31-24(33)15-3-6-17(7-4-15)26(28,29)30/h3-10,13-14,20H,11-12H2,1-2H3,(H,31,33). The van der Waals surface area contributed by atoms with Gasteiger partial charge in [-0.2, -0.15) is 13.2 Å². The summed E-state index contributed by atoms with van der Waals surface area (Å²) in [5, 5.41) is 3.27. The van der Waals surface area contributed by atoms with Crippen molar-refractivity contribution in [2.24, 2.45) is 0 Å².